The summed E-state index contributed by atoms with van der Waals surface area (Å²) in [6.07, 6.45) is 2.67. The molecule has 1 aliphatic rings. The van der Waals surface area contributed by atoms with Crippen molar-refractivity contribution in [1.82, 2.24) is 10.2 Å². The van der Waals surface area contributed by atoms with Crippen LogP contribution in [0.25, 0.3) is 0 Å². The molecule has 1 saturated heterocycles. The Kier molecular flexibility index (Phi) is 6.14. The predicted molar refractivity (Wildman–Crippen MR) is 82.8 cm³/mol. The van der Waals surface area contributed by atoms with Gasteiger partial charge in [0.2, 0.25) is 0 Å². The highest BCUT2D eigenvalue weighted by Gasteiger charge is 2.21. The van der Waals surface area contributed by atoms with Crippen LogP contribution in [0, 0.1) is 0 Å². The molecule has 0 bridgehead atoms. The van der Waals surface area contributed by atoms with Gasteiger partial charge < -0.3 is 10.1 Å². The molecule has 1 aromatic carbocycles. The van der Waals surface area contributed by atoms with Gasteiger partial charge in [0.05, 0.1) is 0 Å². The minimum atomic E-state index is 0.720. The number of ether oxygens (including phenoxy) is 1. The Bertz CT molecular complexity index is 369. The van der Waals surface area contributed by atoms with Gasteiger partial charge in [0, 0.05) is 23.6 Å². The quantitative estimate of drug-likeness (QED) is 0.780. The maximum Gasteiger partial charge on any atom is 0.119 e. The van der Waals surface area contributed by atoms with Gasteiger partial charge in [-0.15, -0.1) is 0 Å². The summed E-state index contributed by atoms with van der Waals surface area (Å²) in [4.78, 5) is 2.56. The lowest BCUT2D eigenvalue weighted by atomic mass is 10.2. The van der Waals surface area contributed by atoms with Gasteiger partial charge in [0.25, 0.3) is 0 Å². The maximum absolute atomic E-state index is 5.68. The summed E-state index contributed by atoms with van der Waals surface area (Å²) in [7, 11) is 0. The molecule has 1 heterocycles. The van der Waals surface area contributed by atoms with Crippen molar-refractivity contribution in [3.63, 3.8) is 0 Å². The number of likely N-dealkylation sites (tertiary alicyclic amines) is 1. The molecule has 1 aliphatic heterocycles. The molecule has 2 rings (SSSR count). The van der Waals surface area contributed by atoms with Crippen LogP contribution < -0.4 is 10.1 Å². The SMILES string of the molecule is CCN1CCCC1CNCCOc1ccc(Br)cc1. The smallest absolute Gasteiger partial charge is 0.119 e. The van der Waals surface area contributed by atoms with Gasteiger partial charge in [0.15, 0.2) is 0 Å². The zero-order valence-corrected chi connectivity index (χ0v) is 13.2. The van der Waals surface area contributed by atoms with Gasteiger partial charge in [-0.2, -0.15) is 0 Å². The van der Waals surface area contributed by atoms with E-state index >= 15 is 0 Å². The summed E-state index contributed by atoms with van der Waals surface area (Å²) in [5, 5.41) is 3.50. The van der Waals surface area contributed by atoms with Gasteiger partial charge in [-0.3, -0.25) is 4.90 Å². The Hall–Kier alpha value is -0.580. The van der Waals surface area contributed by atoms with Gasteiger partial charge >= 0.3 is 0 Å². The second kappa shape index (κ2) is 7.88. The molecule has 0 saturated carbocycles. The summed E-state index contributed by atoms with van der Waals surface area (Å²) in [5.41, 5.74) is 0. The summed E-state index contributed by atoms with van der Waals surface area (Å²) >= 11 is 3.42. The molecule has 0 radical (unpaired) electrons. The fourth-order valence-electron chi connectivity index (χ4n) is 2.58. The zero-order chi connectivity index (χ0) is 13.5. The number of rotatable bonds is 7. The average molecular weight is 327 g/mol. The van der Waals surface area contributed by atoms with Gasteiger partial charge in [-0.05, 0) is 50.2 Å². The van der Waals surface area contributed by atoms with E-state index in [1.54, 1.807) is 0 Å². The van der Waals surface area contributed by atoms with Crippen LogP contribution in [0.1, 0.15) is 19.8 Å². The first-order valence-electron chi connectivity index (χ1n) is 7.12. The third-order valence-electron chi connectivity index (χ3n) is 3.65. The highest BCUT2D eigenvalue weighted by molar-refractivity contribution is 9.10. The molecule has 0 aromatic heterocycles. The first-order valence-corrected chi connectivity index (χ1v) is 7.92. The molecule has 106 valence electrons. The maximum atomic E-state index is 5.68. The van der Waals surface area contributed by atoms with Crippen molar-refractivity contribution >= 4 is 15.9 Å². The Morgan fingerprint density at radius 1 is 1.37 bits per heavy atom. The molecule has 1 N–H and O–H groups in total. The van der Waals surface area contributed by atoms with Crippen molar-refractivity contribution in [2.24, 2.45) is 0 Å². The number of halogens is 1. The van der Waals surface area contributed by atoms with E-state index in [1.165, 1.54) is 25.9 Å². The lowest BCUT2D eigenvalue weighted by Crippen LogP contribution is -2.38. The number of hydrogen-bond acceptors (Lipinski definition) is 3. The molecule has 0 spiro atoms. The minimum absolute atomic E-state index is 0.720. The number of nitrogens with one attached hydrogen (secondary N) is 1. The second-order valence-corrected chi connectivity index (χ2v) is 5.85. The van der Waals surface area contributed by atoms with Crippen molar-refractivity contribution in [1.29, 1.82) is 0 Å². The number of hydrogen-bond donors (Lipinski definition) is 1. The largest absolute Gasteiger partial charge is 0.492 e. The molecule has 1 aromatic rings. The van der Waals surface area contributed by atoms with Crippen molar-refractivity contribution in [3.8, 4) is 5.75 Å². The summed E-state index contributed by atoms with van der Waals surface area (Å²) in [5.74, 6) is 0.932. The van der Waals surface area contributed by atoms with E-state index in [1.807, 2.05) is 24.3 Å². The van der Waals surface area contributed by atoms with Gasteiger partial charge in [0.1, 0.15) is 12.4 Å². The van der Waals surface area contributed by atoms with E-state index in [0.717, 1.165) is 36.0 Å². The van der Waals surface area contributed by atoms with Crippen LogP contribution >= 0.6 is 15.9 Å². The molecular weight excluding hydrogens is 304 g/mol. The predicted octanol–water partition coefficient (Wildman–Crippen LogP) is 2.90. The topological polar surface area (TPSA) is 24.5 Å². The fraction of sp³-hybridized carbons (Fsp3) is 0.600. The van der Waals surface area contributed by atoms with Crippen molar-refractivity contribution < 1.29 is 4.74 Å². The minimum Gasteiger partial charge on any atom is -0.492 e. The highest BCUT2D eigenvalue weighted by Crippen LogP contribution is 2.16. The molecule has 0 aliphatic carbocycles. The monoisotopic (exact) mass is 326 g/mol. The van der Waals surface area contributed by atoms with Gasteiger partial charge in [-0.25, -0.2) is 0 Å². The second-order valence-electron chi connectivity index (χ2n) is 4.93. The van der Waals surface area contributed by atoms with Gasteiger partial charge in [-0.1, -0.05) is 22.9 Å². The third-order valence-corrected chi connectivity index (χ3v) is 4.18. The number of nitrogens with zero attached hydrogens (tertiary/aromatic N) is 1. The molecular formula is C15H23BrN2O. The van der Waals surface area contributed by atoms with Crippen LogP contribution in [0.2, 0.25) is 0 Å². The highest BCUT2D eigenvalue weighted by atomic mass is 79.9. The normalized spacial score (nSPS) is 19.8. The van der Waals surface area contributed by atoms with Crippen LogP contribution in [-0.4, -0.2) is 43.7 Å². The summed E-state index contributed by atoms with van der Waals surface area (Å²) < 4.78 is 6.76. The third kappa shape index (κ3) is 4.79. The van der Waals surface area contributed by atoms with Crippen molar-refractivity contribution in [2.45, 2.75) is 25.8 Å². The first-order chi connectivity index (χ1) is 9.29. The van der Waals surface area contributed by atoms with Crippen LogP contribution in [-0.2, 0) is 0 Å². The molecule has 4 heteroatoms. The van der Waals surface area contributed by atoms with E-state index in [-0.39, 0.29) is 0 Å². The van der Waals surface area contributed by atoms with Crippen molar-refractivity contribution in [2.75, 3.05) is 32.8 Å². The number of likely N-dealkylation sites (N-methyl/N-ethyl adjacent to an activating group) is 1. The summed E-state index contributed by atoms with van der Waals surface area (Å²) in [6.45, 7) is 7.39. The van der Waals surface area contributed by atoms with Crippen LogP contribution in [0.5, 0.6) is 5.75 Å². The van der Waals surface area contributed by atoms with E-state index < -0.39 is 0 Å². The Labute approximate surface area is 124 Å². The first kappa shape index (κ1) is 14.8. The number of benzene rings is 1. The molecule has 3 nitrogen and oxygen atoms in total. The molecule has 19 heavy (non-hydrogen) atoms. The van der Waals surface area contributed by atoms with Crippen LogP contribution in [0.15, 0.2) is 28.7 Å². The molecule has 1 atom stereocenters. The van der Waals surface area contributed by atoms with Crippen LogP contribution in [0.4, 0.5) is 0 Å². The van der Waals surface area contributed by atoms with E-state index in [0.29, 0.717) is 0 Å². The fourth-order valence-corrected chi connectivity index (χ4v) is 2.85. The average Bonchev–Trinajstić information content (AvgIpc) is 2.88. The lowest BCUT2D eigenvalue weighted by molar-refractivity contribution is 0.251. The molecule has 1 fully saturated rings. The summed E-state index contributed by atoms with van der Waals surface area (Å²) in [6, 6.07) is 8.69. The van der Waals surface area contributed by atoms with E-state index in [2.05, 4.69) is 33.1 Å². The van der Waals surface area contributed by atoms with Crippen LogP contribution in [0.3, 0.4) is 0 Å². The Balaban J connectivity index is 1.58. The standard InChI is InChI=1S/C15H23BrN2O/c1-2-18-10-3-4-14(18)12-17-9-11-19-15-7-5-13(16)6-8-15/h5-8,14,17H,2-4,9-12H2,1H3. The Morgan fingerprint density at radius 3 is 2.89 bits per heavy atom. The Morgan fingerprint density at radius 2 is 2.16 bits per heavy atom. The van der Waals surface area contributed by atoms with E-state index in [4.69, 9.17) is 4.74 Å². The van der Waals surface area contributed by atoms with E-state index in [9.17, 15) is 0 Å². The molecule has 0 amide bonds. The molecule has 1 unspecified atom stereocenters. The van der Waals surface area contributed by atoms with Crippen molar-refractivity contribution in [3.05, 3.63) is 28.7 Å². The lowest BCUT2D eigenvalue weighted by Gasteiger charge is -2.22. The zero-order valence-electron chi connectivity index (χ0n) is 11.6.